The molecule has 168 valence electrons. The molecule has 3 rings (SSSR count). The van der Waals surface area contributed by atoms with E-state index < -0.39 is 11.7 Å². The Labute approximate surface area is 189 Å². The van der Waals surface area contributed by atoms with Gasteiger partial charge in [0.25, 0.3) is 0 Å². The Balaban J connectivity index is 2.15. The van der Waals surface area contributed by atoms with E-state index in [-0.39, 0.29) is 0 Å². The predicted octanol–water partition coefficient (Wildman–Crippen LogP) is 5.64. The Morgan fingerprint density at radius 3 is 2.42 bits per heavy atom. The zero-order valence-electron chi connectivity index (χ0n) is 19.6. The zero-order valence-corrected chi connectivity index (χ0v) is 20.4. The van der Waals surface area contributed by atoms with Gasteiger partial charge in [0, 0.05) is 29.9 Å². The number of anilines is 3. The molecule has 7 heteroatoms. The minimum Gasteiger partial charge on any atom is -0.443 e. The van der Waals surface area contributed by atoms with Crippen LogP contribution in [-0.2, 0) is 9.47 Å². The molecule has 6 nitrogen and oxygen atoms in total. The van der Waals surface area contributed by atoms with E-state index in [1.54, 1.807) is 16.7 Å². The van der Waals surface area contributed by atoms with Gasteiger partial charge in [-0.05, 0) is 82.7 Å². The standard InChI is InChI=1S/C24H33N3O3S/c1-16-15-25-22(18(3)17(16)2)27(23(28)30-24(4,5)6)20-12-19(13-21(14-20)31-7)26-8-10-29-11-9-26/h12-15H,8-11H2,1-7H3. The minimum atomic E-state index is -0.618. The number of benzene rings is 1. The molecule has 1 aromatic carbocycles. The van der Waals surface area contributed by atoms with Gasteiger partial charge in [-0.3, -0.25) is 0 Å². The number of hydrogen-bond acceptors (Lipinski definition) is 6. The number of rotatable bonds is 4. The molecule has 1 fully saturated rings. The van der Waals surface area contributed by atoms with Gasteiger partial charge in [0.2, 0.25) is 0 Å². The number of carbonyl (C=O) groups is 1. The lowest BCUT2D eigenvalue weighted by molar-refractivity contribution is 0.0598. The number of nitrogens with zero attached hydrogens (tertiary/aromatic N) is 3. The summed E-state index contributed by atoms with van der Waals surface area (Å²) in [4.78, 5) is 23.0. The van der Waals surface area contributed by atoms with Crippen LogP contribution in [0.5, 0.6) is 0 Å². The average molecular weight is 444 g/mol. The van der Waals surface area contributed by atoms with Crippen molar-refractivity contribution in [1.29, 1.82) is 0 Å². The number of aromatic nitrogens is 1. The summed E-state index contributed by atoms with van der Waals surface area (Å²) in [6.45, 7) is 14.8. The second kappa shape index (κ2) is 9.49. The molecule has 0 N–H and O–H groups in total. The third kappa shape index (κ3) is 5.52. The minimum absolute atomic E-state index is 0.433. The van der Waals surface area contributed by atoms with E-state index in [1.807, 2.05) is 59.2 Å². The Morgan fingerprint density at radius 1 is 1.13 bits per heavy atom. The molecule has 31 heavy (non-hydrogen) atoms. The van der Waals surface area contributed by atoms with E-state index in [1.165, 1.54) is 0 Å². The van der Waals surface area contributed by atoms with Crippen LogP contribution in [0.2, 0.25) is 0 Å². The normalized spacial score (nSPS) is 14.5. The maximum absolute atomic E-state index is 13.4. The lowest BCUT2D eigenvalue weighted by Crippen LogP contribution is -2.37. The van der Waals surface area contributed by atoms with E-state index in [2.05, 4.69) is 22.9 Å². The number of ether oxygens (including phenoxy) is 2. The molecule has 1 amide bonds. The van der Waals surface area contributed by atoms with Crippen LogP contribution in [0.15, 0.2) is 29.3 Å². The highest BCUT2D eigenvalue weighted by Gasteiger charge is 2.29. The summed E-state index contributed by atoms with van der Waals surface area (Å²) in [5.41, 5.74) is 4.38. The van der Waals surface area contributed by atoms with Crippen molar-refractivity contribution in [3.8, 4) is 0 Å². The summed E-state index contributed by atoms with van der Waals surface area (Å²) in [6, 6.07) is 6.23. The third-order valence-electron chi connectivity index (χ3n) is 5.40. The molecule has 0 aliphatic carbocycles. The zero-order chi connectivity index (χ0) is 22.8. The molecule has 2 aromatic rings. The molecule has 1 aromatic heterocycles. The number of hydrogen-bond donors (Lipinski definition) is 0. The number of amides is 1. The molecule has 0 radical (unpaired) electrons. The van der Waals surface area contributed by atoms with Gasteiger partial charge in [-0.15, -0.1) is 11.8 Å². The van der Waals surface area contributed by atoms with E-state index in [0.29, 0.717) is 19.0 Å². The average Bonchev–Trinajstić information content (AvgIpc) is 2.73. The summed E-state index contributed by atoms with van der Waals surface area (Å²) in [5.74, 6) is 0.600. The van der Waals surface area contributed by atoms with Crippen LogP contribution in [-0.4, -0.2) is 49.2 Å². The smallest absolute Gasteiger partial charge is 0.420 e. The first-order valence-corrected chi connectivity index (χ1v) is 11.8. The van der Waals surface area contributed by atoms with Crippen molar-refractivity contribution in [1.82, 2.24) is 4.98 Å². The number of aryl methyl sites for hydroxylation is 1. The maximum Gasteiger partial charge on any atom is 0.420 e. The van der Waals surface area contributed by atoms with Gasteiger partial charge in [0.15, 0.2) is 0 Å². The van der Waals surface area contributed by atoms with Crippen molar-refractivity contribution < 1.29 is 14.3 Å². The van der Waals surface area contributed by atoms with Crippen molar-refractivity contribution in [3.05, 3.63) is 41.1 Å². The van der Waals surface area contributed by atoms with E-state index in [4.69, 9.17) is 9.47 Å². The molecule has 0 bridgehead atoms. The van der Waals surface area contributed by atoms with E-state index in [9.17, 15) is 4.79 Å². The SMILES string of the molecule is CSc1cc(N2CCOCC2)cc(N(C(=O)OC(C)(C)C)c2ncc(C)c(C)c2C)c1. The molecule has 2 heterocycles. The Hall–Kier alpha value is -2.25. The highest BCUT2D eigenvalue weighted by molar-refractivity contribution is 7.98. The largest absolute Gasteiger partial charge is 0.443 e. The first kappa shape index (κ1) is 23.4. The summed E-state index contributed by atoms with van der Waals surface area (Å²) in [5, 5.41) is 0. The van der Waals surface area contributed by atoms with Crippen LogP contribution in [0.25, 0.3) is 0 Å². The van der Waals surface area contributed by atoms with Crippen molar-refractivity contribution in [2.24, 2.45) is 0 Å². The monoisotopic (exact) mass is 443 g/mol. The van der Waals surface area contributed by atoms with Crippen LogP contribution in [0.3, 0.4) is 0 Å². The molecular weight excluding hydrogens is 410 g/mol. The number of thioether (sulfide) groups is 1. The number of pyridine rings is 1. The highest BCUT2D eigenvalue weighted by Crippen LogP contribution is 2.36. The maximum atomic E-state index is 13.4. The molecule has 1 saturated heterocycles. The summed E-state index contributed by atoms with van der Waals surface area (Å²) in [6.07, 6.45) is 3.42. The molecule has 0 unspecified atom stereocenters. The Bertz CT molecular complexity index is 950. The molecular formula is C24H33N3O3S. The van der Waals surface area contributed by atoms with Crippen molar-refractivity contribution in [2.75, 3.05) is 42.4 Å². The van der Waals surface area contributed by atoms with Gasteiger partial charge in [0.05, 0.1) is 18.9 Å². The van der Waals surface area contributed by atoms with Crippen LogP contribution in [0, 0.1) is 20.8 Å². The van der Waals surface area contributed by atoms with Gasteiger partial charge in [0.1, 0.15) is 11.4 Å². The van der Waals surface area contributed by atoms with E-state index in [0.717, 1.165) is 46.1 Å². The van der Waals surface area contributed by atoms with Crippen molar-refractivity contribution in [2.45, 2.75) is 52.0 Å². The molecule has 0 spiro atoms. The topological polar surface area (TPSA) is 54.9 Å². The van der Waals surface area contributed by atoms with Crippen LogP contribution in [0.1, 0.15) is 37.5 Å². The Kier molecular flexibility index (Phi) is 7.17. The van der Waals surface area contributed by atoms with Crippen LogP contribution < -0.4 is 9.80 Å². The molecule has 1 aliphatic heterocycles. The summed E-state index contributed by atoms with van der Waals surface area (Å²) < 4.78 is 11.3. The number of morpholine rings is 1. The quantitative estimate of drug-likeness (QED) is 0.570. The molecule has 0 atom stereocenters. The van der Waals surface area contributed by atoms with Gasteiger partial charge in [-0.25, -0.2) is 14.7 Å². The lowest BCUT2D eigenvalue weighted by Gasteiger charge is -2.32. The first-order chi connectivity index (χ1) is 14.6. The third-order valence-corrected chi connectivity index (χ3v) is 6.11. The second-order valence-corrected chi connectivity index (χ2v) is 9.70. The number of carbonyl (C=O) groups excluding carboxylic acids is 1. The predicted molar refractivity (Wildman–Crippen MR) is 128 cm³/mol. The van der Waals surface area contributed by atoms with Gasteiger partial charge >= 0.3 is 6.09 Å². The summed E-state index contributed by atoms with van der Waals surface area (Å²) >= 11 is 1.65. The van der Waals surface area contributed by atoms with Gasteiger partial charge in [-0.2, -0.15) is 0 Å². The fourth-order valence-electron chi connectivity index (χ4n) is 3.48. The fraction of sp³-hybridized carbons (Fsp3) is 0.500. The van der Waals surface area contributed by atoms with Crippen molar-refractivity contribution in [3.63, 3.8) is 0 Å². The first-order valence-electron chi connectivity index (χ1n) is 10.6. The summed E-state index contributed by atoms with van der Waals surface area (Å²) in [7, 11) is 0. The van der Waals surface area contributed by atoms with E-state index >= 15 is 0 Å². The van der Waals surface area contributed by atoms with Crippen LogP contribution in [0.4, 0.5) is 22.0 Å². The van der Waals surface area contributed by atoms with Gasteiger partial charge < -0.3 is 14.4 Å². The Morgan fingerprint density at radius 2 is 1.81 bits per heavy atom. The highest BCUT2D eigenvalue weighted by atomic mass is 32.2. The second-order valence-electron chi connectivity index (χ2n) is 8.82. The molecule has 0 saturated carbocycles. The van der Waals surface area contributed by atoms with Crippen LogP contribution >= 0.6 is 11.8 Å². The van der Waals surface area contributed by atoms with Gasteiger partial charge in [-0.1, -0.05) is 0 Å². The lowest BCUT2D eigenvalue weighted by atomic mass is 10.1. The van der Waals surface area contributed by atoms with Crippen molar-refractivity contribution >= 4 is 35.0 Å². The molecule has 1 aliphatic rings. The fourth-order valence-corrected chi connectivity index (χ4v) is 3.96.